The van der Waals surface area contributed by atoms with Gasteiger partial charge >= 0.3 is 0 Å². The second kappa shape index (κ2) is 4.40. The molecule has 0 unspecified atom stereocenters. The van der Waals surface area contributed by atoms with Crippen molar-refractivity contribution >= 4 is 0 Å². The summed E-state index contributed by atoms with van der Waals surface area (Å²) in [5.74, 6) is 0.816. The van der Waals surface area contributed by atoms with E-state index in [4.69, 9.17) is 4.74 Å². The highest BCUT2D eigenvalue weighted by molar-refractivity contribution is 4.76. The van der Waals surface area contributed by atoms with Gasteiger partial charge in [-0.2, -0.15) is 0 Å². The maximum Gasteiger partial charge on any atom is 0.0823 e. The molecule has 0 bridgehead atoms. The minimum absolute atomic E-state index is 0.514. The highest BCUT2D eigenvalue weighted by atomic mass is 16.5. The van der Waals surface area contributed by atoms with E-state index < -0.39 is 0 Å². The average molecular weight is 184 g/mol. The molecule has 1 N–H and O–H groups in total. The lowest BCUT2D eigenvalue weighted by atomic mass is 9.98. The molecule has 2 aliphatic heterocycles. The van der Waals surface area contributed by atoms with E-state index in [2.05, 4.69) is 17.3 Å². The van der Waals surface area contributed by atoms with Gasteiger partial charge in [-0.05, 0) is 38.9 Å². The Morgan fingerprint density at radius 3 is 2.54 bits per heavy atom. The van der Waals surface area contributed by atoms with Crippen LogP contribution in [0.3, 0.4) is 0 Å². The lowest BCUT2D eigenvalue weighted by molar-refractivity contribution is -0.0110. The molecule has 0 spiro atoms. The van der Waals surface area contributed by atoms with Crippen molar-refractivity contribution < 1.29 is 4.74 Å². The fraction of sp³-hybridized carbons (Fsp3) is 1.00. The molecule has 0 atom stereocenters. The van der Waals surface area contributed by atoms with Gasteiger partial charge in [0.25, 0.3) is 0 Å². The molecule has 0 aromatic carbocycles. The summed E-state index contributed by atoms with van der Waals surface area (Å²) in [5.41, 5.74) is 0. The molecule has 2 fully saturated rings. The first-order valence-corrected chi connectivity index (χ1v) is 5.35. The fourth-order valence-corrected chi connectivity index (χ4v) is 1.88. The van der Waals surface area contributed by atoms with Gasteiger partial charge in [0.15, 0.2) is 0 Å². The average Bonchev–Trinajstić information content (AvgIpc) is 2.05. The molecule has 3 heteroatoms. The number of hydrogen-bond donors (Lipinski definition) is 1. The van der Waals surface area contributed by atoms with E-state index >= 15 is 0 Å². The molecule has 13 heavy (non-hydrogen) atoms. The zero-order chi connectivity index (χ0) is 9.10. The Bertz CT molecular complexity index is 151. The molecule has 2 saturated heterocycles. The number of rotatable bonds is 3. The van der Waals surface area contributed by atoms with Crippen molar-refractivity contribution in [2.75, 3.05) is 39.8 Å². The van der Waals surface area contributed by atoms with Crippen LogP contribution in [0.4, 0.5) is 0 Å². The van der Waals surface area contributed by atoms with Crippen LogP contribution in [0.1, 0.15) is 12.8 Å². The molecule has 0 amide bonds. The number of nitrogens with zero attached hydrogens (tertiary/aromatic N) is 1. The van der Waals surface area contributed by atoms with Crippen LogP contribution in [0.25, 0.3) is 0 Å². The van der Waals surface area contributed by atoms with Crippen LogP contribution >= 0.6 is 0 Å². The Labute approximate surface area is 80.4 Å². The van der Waals surface area contributed by atoms with E-state index in [9.17, 15) is 0 Å². The SMILES string of the molecule is CN1CCC(COC2CNC2)CC1. The van der Waals surface area contributed by atoms with E-state index in [1.807, 2.05) is 0 Å². The first-order valence-electron chi connectivity index (χ1n) is 5.35. The van der Waals surface area contributed by atoms with Gasteiger partial charge in [0.1, 0.15) is 0 Å². The highest BCUT2D eigenvalue weighted by Gasteiger charge is 2.21. The van der Waals surface area contributed by atoms with Gasteiger partial charge in [-0.1, -0.05) is 0 Å². The Hall–Kier alpha value is -0.120. The van der Waals surface area contributed by atoms with Crippen LogP contribution in [0.2, 0.25) is 0 Å². The number of hydrogen-bond acceptors (Lipinski definition) is 3. The van der Waals surface area contributed by atoms with Crippen molar-refractivity contribution in [3.63, 3.8) is 0 Å². The van der Waals surface area contributed by atoms with Crippen LogP contribution in [-0.2, 0) is 4.74 Å². The van der Waals surface area contributed by atoms with Crippen LogP contribution in [-0.4, -0.2) is 50.8 Å². The van der Waals surface area contributed by atoms with Crippen molar-refractivity contribution in [1.29, 1.82) is 0 Å². The van der Waals surface area contributed by atoms with Gasteiger partial charge in [0.05, 0.1) is 6.10 Å². The largest absolute Gasteiger partial charge is 0.375 e. The molecule has 2 aliphatic rings. The van der Waals surface area contributed by atoms with E-state index in [0.29, 0.717) is 6.10 Å². The zero-order valence-electron chi connectivity index (χ0n) is 8.46. The molecule has 0 aromatic heterocycles. The predicted octanol–water partition coefficient (Wildman–Crippen LogP) is 0.317. The Kier molecular flexibility index (Phi) is 3.19. The Morgan fingerprint density at radius 1 is 1.31 bits per heavy atom. The van der Waals surface area contributed by atoms with Crippen molar-refractivity contribution in [3.8, 4) is 0 Å². The normalized spacial score (nSPS) is 27.5. The van der Waals surface area contributed by atoms with Crippen LogP contribution < -0.4 is 5.32 Å². The first-order chi connectivity index (χ1) is 6.34. The predicted molar refractivity (Wildman–Crippen MR) is 52.8 cm³/mol. The van der Waals surface area contributed by atoms with Gasteiger partial charge in [-0.15, -0.1) is 0 Å². The third kappa shape index (κ3) is 2.66. The van der Waals surface area contributed by atoms with E-state index in [1.165, 1.54) is 25.9 Å². The molecule has 2 rings (SSSR count). The third-order valence-corrected chi connectivity index (χ3v) is 3.15. The van der Waals surface area contributed by atoms with Crippen molar-refractivity contribution in [1.82, 2.24) is 10.2 Å². The second-order valence-electron chi connectivity index (χ2n) is 4.36. The summed E-state index contributed by atoms with van der Waals surface area (Å²) in [4.78, 5) is 2.40. The standard InChI is InChI=1S/C10H20N2O/c1-12-4-2-9(3-5-12)8-13-10-6-11-7-10/h9-11H,2-8H2,1H3. The number of piperidine rings is 1. The van der Waals surface area contributed by atoms with Gasteiger partial charge in [0, 0.05) is 19.7 Å². The van der Waals surface area contributed by atoms with Crippen molar-refractivity contribution in [2.24, 2.45) is 5.92 Å². The summed E-state index contributed by atoms with van der Waals surface area (Å²) >= 11 is 0. The Balaban J connectivity index is 1.59. The van der Waals surface area contributed by atoms with Crippen LogP contribution in [0, 0.1) is 5.92 Å². The smallest absolute Gasteiger partial charge is 0.0823 e. The number of nitrogens with one attached hydrogen (secondary N) is 1. The lowest BCUT2D eigenvalue weighted by Gasteiger charge is -2.32. The number of ether oxygens (including phenoxy) is 1. The van der Waals surface area contributed by atoms with E-state index in [1.54, 1.807) is 0 Å². The molecule has 0 aliphatic carbocycles. The maximum atomic E-state index is 5.77. The molecule has 0 saturated carbocycles. The molecule has 2 heterocycles. The number of likely N-dealkylation sites (tertiary alicyclic amines) is 1. The minimum atomic E-state index is 0.514. The third-order valence-electron chi connectivity index (χ3n) is 3.15. The molecular formula is C10H20N2O. The van der Waals surface area contributed by atoms with Gasteiger partial charge < -0.3 is 15.0 Å². The molecule has 0 radical (unpaired) electrons. The summed E-state index contributed by atoms with van der Waals surface area (Å²) in [6.07, 6.45) is 3.15. The molecular weight excluding hydrogens is 164 g/mol. The van der Waals surface area contributed by atoms with E-state index in [0.717, 1.165) is 25.6 Å². The monoisotopic (exact) mass is 184 g/mol. The van der Waals surface area contributed by atoms with Gasteiger partial charge in [-0.3, -0.25) is 0 Å². The highest BCUT2D eigenvalue weighted by Crippen LogP contribution is 2.17. The summed E-state index contributed by atoms with van der Waals surface area (Å²) in [6, 6.07) is 0. The van der Waals surface area contributed by atoms with Crippen molar-refractivity contribution in [2.45, 2.75) is 18.9 Å². The lowest BCUT2D eigenvalue weighted by Crippen LogP contribution is -2.49. The topological polar surface area (TPSA) is 24.5 Å². The minimum Gasteiger partial charge on any atom is -0.375 e. The summed E-state index contributed by atoms with van der Waals surface area (Å²) in [5, 5.41) is 3.22. The second-order valence-corrected chi connectivity index (χ2v) is 4.36. The molecule has 76 valence electrons. The first kappa shape index (κ1) is 9.44. The van der Waals surface area contributed by atoms with Gasteiger partial charge in [0.2, 0.25) is 0 Å². The van der Waals surface area contributed by atoms with E-state index in [-0.39, 0.29) is 0 Å². The summed E-state index contributed by atoms with van der Waals surface area (Å²) in [7, 11) is 2.20. The fourth-order valence-electron chi connectivity index (χ4n) is 1.88. The Morgan fingerprint density at radius 2 is 2.00 bits per heavy atom. The van der Waals surface area contributed by atoms with Gasteiger partial charge in [-0.25, -0.2) is 0 Å². The zero-order valence-corrected chi connectivity index (χ0v) is 8.46. The van der Waals surface area contributed by atoms with Crippen LogP contribution in [0.5, 0.6) is 0 Å². The van der Waals surface area contributed by atoms with Crippen molar-refractivity contribution in [3.05, 3.63) is 0 Å². The molecule has 3 nitrogen and oxygen atoms in total. The quantitative estimate of drug-likeness (QED) is 0.683. The molecule has 0 aromatic rings. The summed E-state index contributed by atoms with van der Waals surface area (Å²) in [6.45, 7) is 5.60. The maximum absolute atomic E-state index is 5.77. The summed E-state index contributed by atoms with van der Waals surface area (Å²) < 4.78 is 5.77. The van der Waals surface area contributed by atoms with Crippen LogP contribution in [0.15, 0.2) is 0 Å².